The van der Waals surface area contributed by atoms with Gasteiger partial charge in [-0.2, -0.15) is 0 Å². The largest absolute Gasteiger partial charge is 0.489 e. The quantitative estimate of drug-likeness (QED) is 0.402. The summed E-state index contributed by atoms with van der Waals surface area (Å²) in [7, 11) is 0. The van der Waals surface area contributed by atoms with Gasteiger partial charge in [-0.25, -0.2) is 4.79 Å². The molecular formula is C27H30N2O5. The van der Waals surface area contributed by atoms with Gasteiger partial charge >= 0.3 is 5.63 Å². The summed E-state index contributed by atoms with van der Waals surface area (Å²) in [6, 6.07) is 13.1. The van der Waals surface area contributed by atoms with Gasteiger partial charge in [0.2, 0.25) is 5.91 Å². The number of amides is 1. The van der Waals surface area contributed by atoms with Crippen molar-refractivity contribution in [3.05, 3.63) is 81.7 Å². The molecular weight excluding hydrogens is 432 g/mol. The standard InChI is InChI=1S/C27H30N2O5/c1-18(2)17-33-22-8-9-23-19(3)24(27(31)34-25(23)14-22)15-26(30)28-21-6-4-20(5-7-21)16-29-10-12-32-13-11-29/h4-9,14H,1,10-13,15-17H2,2-3H3,(H,28,30). The van der Waals surface area contributed by atoms with Gasteiger partial charge in [-0.1, -0.05) is 18.7 Å². The number of ether oxygens (including phenoxy) is 2. The molecule has 0 atom stereocenters. The van der Waals surface area contributed by atoms with Gasteiger partial charge < -0.3 is 19.2 Å². The normalized spacial score (nSPS) is 14.2. The summed E-state index contributed by atoms with van der Waals surface area (Å²) in [6.45, 7) is 12.1. The van der Waals surface area contributed by atoms with Crippen LogP contribution in [0.25, 0.3) is 11.0 Å². The molecule has 178 valence electrons. The topological polar surface area (TPSA) is 81.0 Å². The zero-order valence-corrected chi connectivity index (χ0v) is 19.7. The fourth-order valence-electron chi connectivity index (χ4n) is 3.95. The summed E-state index contributed by atoms with van der Waals surface area (Å²) in [4.78, 5) is 27.7. The fourth-order valence-corrected chi connectivity index (χ4v) is 3.95. The highest BCUT2D eigenvalue weighted by Crippen LogP contribution is 2.25. The molecule has 7 nitrogen and oxygen atoms in total. The highest BCUT2D eigenvalue weighted by atomic mass is 16.5. The van der Waals surface area contributed by atoms with Crippen LogP contribution in [0.15, 0.2) is 63.8 Å². The second-order valence-corrected chi connectivity index (χ2v) is 8.71. The SMILES string of the molecule is C=C(C)COc1ccc2c(C)c(CC(=O)Nc3ccc(CN4CCOCC4)cc3)c(=O)oc2c1. The molecule has 1 aliphatic rings. The Hall–Kier alpha value is -3.42. The molecule has 0 unspecified atom stereocenters. The summed E-state index contributed by atoms with van der Waals surface area (Å²) in [5, 5.41) is 3.65. The number of fused-ring (bicyclic) bond motifs is 1. The highest BCUT2D eigenvalue weighted by Gasteiger charge is 2.16. The Bertz CT molecular complexity index is 1240. The number of anilines is 1. The van der Waals surface area contributed by atoms with Gasteiger partial charge in [0.15, 0.2) is 0 Å². The summed E-state index contributed by atoms with van der Waals surface area (Å²) < 4.78 is 16.5. The highest BCUT2D eigenvalue weighted by molar-refractivity contribution is 5.93. The molecule has 7 heteroatoms. The third kappa shape index (κ3) is 5.92. The third-order valence-corrected chi connectivity index (χ3v) is 5.83. The minimum atomic E-state index is -0.516. The predicted octanol–water partition coefficient (Wildman–Crippen LogP) is 4.07. The molecule has 34 heavy (non-hydrogen) atoms. The van der Waals surface area contributed by atoms with Crippen LogP contribution in [0.2, 0.25) is 0 Å². The number of hydrogen-bond acceptors (Lipinski definition) is 6. The van der Waals surface area contributed by atoms with Crippen molar-refractivity contribution in [1.29, 1.82) is 0 Å². The van der Waals surface area contributed by atoms with Gasteiger partial charge in [-0.05, 0) is 54.8 Å². The molecule has 0 saturated carbocycles. The Balaban J connectivity index is 1.42. The molecule has 0 bridgehead atoms. The van der Waals surface area contributed by atoms with Crippen molar-refractivity contribution >= 4 is 22.6 Å². The van der Waals surface area contributed by atoms with Crippen LogP contribution in [0.4, 0.5) is 5.69 Å². The first-order chi connectivity index (χ1) is 16.4. The van der Waals surface area contributed by atoms with E-state index >= 15 is 0 Å². The first kappa shape index (κ1) is 23.7. The van der Waals surface area contributed by atoms with Gasteiger partial charge in [-0.3, -0.25) is 9.69 Å². The lowest BCUT2D eigenvalue weighted by molar-refractivity contribution is -0.115. The van der Waals surface area contributed by atoms with E-state index in [2.05, 4.69) is 16.8 Å². The molecule has 0 radical (unpaired) electrons. The molecule has 1 saturated heterocycles. The molecule has 1 N–H and O–H groups in total. The summed E-state index contributed by atoms with van der Waals surface area (Å²) in [5.74, 6) is 0.331. The molecule has 3 aromatic rings. The fraction of sp³-hybridized carbons (Fsp3) is 0.333. The maximum atomic E-state index is 12.7. The van der Waals surface area contributed by atoms with Crippen molar-refractivity contribution < 1.29 is 18.7 Å². The molecule has 1 fully saturated rings. The van der Waals surface area contributed by atoms with E-state index in [9.17, 15) is 9.59 Å². The van der Waals surface area contributed by atoms with Crippen LogP contribution in [0, 0.1) is 6.92 Å². The van der Waals surface area contributed by atoms with Crippen LogP contribution < -0.4 is 15.7 Å². The summed E-state index contributed by atoms with van der Waals surface area (Å²) in [6.07, 6.45) is -0.0620. The Kier molecular flexibility index (Phi) is 7.45. The van der Waals surface area contributed by atoms with Crippen LogP contribution >= 0.6 is 0 Å². The van der Waals surface area contributed by atoms with E-state index in [1.165, 1.54) is 5.56 Å². The summed E-state index contributed by atoms with van der Waals surface area (Å²) >= 11 is 0. The van der Waals surface area contributed by atoms with Crippen LogP contribution in [-0.4, -0.2) is 43.7 Å². The number of benzene rings is 2. The maximum Gasteiger partial charge on any atom is 0.340 e. The number of carbonyl (C=O) groups excluding carboxylic acids is 1. The average molecular weight is 463 g/mol. The summed E-state index contributed by atoms with van der Waals surface area (Å²) in [5.41, 5.74) is 3.76. The number of nitrogens with one attached hydrogen (secondary N) is 1. The van der Waals surface area contributed by atoms with E-state index < -0.39 is 5.63 Å². The van der Waals surface area contributed by atoms with E-state index in [1.807, 2.05) is 50.2 Å². The lowest BCUT2D eigenvalue weighted by Crippen LogP contribution is -2.35. The zero-order chi connectivity index (χ0) is 24.1. The number of rotatable bonds is 8. The molecule has 2 heterocycles. The second-order valence-electron chi connectivity index (χ2n) is 8.71. The first-order valence-electron chi connectivity index (χ1n) is 11.4. The second kappa shape index (κ2) is 10.7. The zero-order valence-electron chi connectivity index (χ0n) is 19.7. The van der Waals surface area contributed by atoms with E-state index in [1.54, 1.807) is 6.07 Å². The number of hydrogen-bond donors (Lipinski definition) is 1. The molecule has 2 aromatic carbocycles. The monoisotopic (exact) mass is 462 g/mol. The Morgan fingerprint density at radius 1 is 1.15 bits per heavy atom. The molecule has 4 rings (SSSR count). The Morgan fingerprint density at radius 3 is 2.59 bits per heavy atom. The van der Waals surface area contributed by atoms with Gasteiger partial charge in [0, 0.05) is 36.8 Å². The van der Waals surface area contributed by atoms with Gasteiger partial charge in [-0.15, -0.1) is 0 Å². The predicted molar refractivity (Wildman–Crippen MR) is 132 cm³/mol. The van der Waals surface area contributed by atoms with E-state index in [-0.39, 0.29) is 12.3 Å². The van der Waals surface area contributed by atoms with Crippen LogP contribution in [0.5, 0.6) is 5.75 Å². The lowest BCUT2D eigenvalue weighted by Gasteiger charge is -2.26. The Morgan fingerprint density at radius 2 is 1.88 bits per heavy atom. The smallest absolute Gasteiger partial charge is 0.340 e. The number of carbonyl (C=O) groups is 1. The van der Waals surface area contributed by atoms with Crippen molar-refractivity contribution in [2.24, 2.45) is 0 Å². The average Bonchev–Trinajstić information content (AvgIpc) is 2.82. The minimum Gasteiger partial charge on any atom is -0.489 e. The third-order valence-electron chi connectivity index (χ3n) is 5.83. The van der Waals surface area contributed by atoms with E-state index in [4.69, 9.17) is 13.9 Å². The molecule has 0 aliphatic carbocycles. The number of aryl methyl sites for hydroxylation is 1. The lowest BCUT2D eigenvalue weighted by atomic mass is 10.0. The van der Waals surface area contributed by atoms with Crippen molar-refractivity contribution in [3.63, 3.8) is 0 Å². The van der Waals surface area contributed by atoms with E-state index in [0.29, 0.717) is 29.2 Å². The van der Waals surface area contributed by atoms with Crippen molar-refractivity contribution in [2.75, 3.05) is 38.2 Å². The van der Waals surface area contributed by atoms with Crippen molar-refractivity contribution in [3.8, 4) is 5.75 Å². The first-order valence-corrected chi connectivity index (χ1v) is 11.4. The van der Waals surface area contributed by atoms with E-state index in [0.717, 1.165) is 49.4 Å². The number of nitrogens with zero attached hydrogens (tertiary/aromatic N) is 1. The van der Waals surface area contributed by atoms with Gasteiger partial charge in [0.1, 0.15) is 17.9 Å². The molecule has 1 aromatic heterocycles. The Labute approximate surface area is 199 Å². The molecule has 0 spiro atoms. The van der Waals surface area contributed by atoms with Gasteiger partial charge in [0.25, 0.3) is 0 Å². The molecule has 1 aliphatic heterocycles. The van der Waals surface area contributed by atoms with Crippen LogP contribution in [-0.2, 0) is 22.5 Å². The van der Waals surface area contributed by atoms with Crippen molar-refractivity contribution in [1.82, 2.24) is 4.90 Å². The van der Waals surface area contributed by atoms with Gasteiger partial charge in [0.05, 0.1) is 25.2 Å². The maximum absolute atomic E-state index is 12.7. The minimum absolute atomic E-state index is 0.0620. The molecule has 1 amide bonds. The van der Waals surface area contributed by atoms with Crippen LogP contribution in [0.3, 0.4) is 0 Å². The van der Waals surface area contributed by atoms with Crippen LogP contribution in [0.1, 0.15) is 23.6 Å². The number of morpholine rings is 1. The van der Waals surface area contributed by atoms with Crippen molar-refractivity contribution in [2.45, 2.75) is 26.8 Å².